The van der Waals surface area contributed by atoms with Gasteiger partial charge in [0.15, 0.2) is 11.5 Å². The summed E-state index contributed by atoms with van der Waals surface area (Å²) < 4.78 is 7.57. The molecule has 0 unspecified atom stereocenters. The fraction of sp³-hybridized carbons (Fsp3) is 0.345. The van der Waals surface area contributed by atoms with E-state index in [0.29, 0.717) is 48.4 Å². The number of anilines is 2. The summed E-state index contributed by atoms with van der Waals surface area (Å²) in [4.78, 5) is 38.9. The number of urea groups is 1. The lowest BCUT2D eigenvalue weighted by atomic mass is 10.0. The first-order valence-corrected chi connectivity index (χ1v) is 14.1. The van der Waals surface area contributed by atoms with Gasteiger partial charge in [0.2, 0.25) is 0 Å². The molecule has 4 heterocycles. The standard InChI is InChI=1S/C29H31ClN8O3/c1-31-29(40)33-20-8-6-19(7-9-20)25-34-26(36-14-16-41-17-15-36)23-18-32-38(27(23)35-25)21-10-12-37(13-11-21)28(39)22-4-2-3-5-24(22)30/h2-9,18,21H,10-17H2,1H3,(H2,31,33,40). The maximum atomic E-state index is 13.1. The highest BCUT2D eigenvalue weighted by Gasteiger charge is 2.29. The number of hydrogen-bond donors (Lipinski definition) is 2. The van der Waals surface area contributed by atoms with Crippen LogP contribution in [0.15, 0.2) is 54.7 Å². The van der Waals surface area contributed by atoms with Gasteiger partial charge in [0.05, 0.1) is 41.4 Å². The maximum Gasteiger partial charge on any atom is 0.318 e. The van der Waals surface area contributed by atoms with E-state index < -0.39 is 0 Å². The van der Waals surface area contributed by atoms with E-state index in [2.05, 4.69) is 15.5 Å². The van der Waals surface area contributed by atoms with Crippen LogP contribution >= 0.6 is 11.6 Å². The van der Waals surface area contributed by atoms with Gasteiger partial charge < -0.3 is 25.2 Å². The van der Waals surface area contributed by atoms with Crippen molar-refractivity contribution in [3.8, 4) is 11.4 Å². The largest absolute Gasteiger partial charge is 0.378 e. The summed E-state index contributed by atoms with van der Waals surface area (Å²) in [7, 11) is 1.57. The SMILES string of the molecule is CNC(=O)Nc1ccc(-c2nc(N3CCOCC3)c3cnn(C4CCN(C(=O)c5ccccc5Cl)CC4)c3n2)cc1. The minimum Gasteiger partial charge on any atom is -0.378 e. The van der Waals surface area contributed by atoms with Crippen molar-refractivity contribution in [3.05, 3.63) is 65.3 Å². The zero-order chi connectivity index (χ0) is 28.3. The molecule has 2 saturated heterocycles. The number of rotatable bonds is 5. The molecule has 2 aliphatic heterocycles. The molecule has 2 aromatic heterocycles. The van der Waals surface area contributed by atoms with Crippen molar-refractivity contribution < 1.29 is 14.3 Å². The Balaban J connectivity index is 1.30. The molecule has 2 N–H and O–H groups in total. The zero-order valence-electron chi connectivity index (χ0n) is 22.7. The van der Waals surface area contributed by atoms with E-state index in [4.69, 9.17) is 31.4 Å². The summed E-state index contributed by atoms with van der Waals surface area (Å²) >= 11 is 6.29. The van der Waals surface area contributed by atoms with Crippen LogP contribution in [0.5, 0.6) is 0 Å². The molecule has 12 heteroatoms. The number of ether oxygens (including phenoxy) is 1. The Hall–Kier alpha value is -4.22. The van der Waals surface area contributed by atoms with Crippen LogP contribution in [0.25, 0.3) is 22.4 Å². The molecule has 0 radical (unpaired) electrons. The molecular formula is C29H31ClN8O3. The van der Waals surface area contributed by atoms with E-state index in [1.165, 1.54) is 0 Å². The van der Waals surface area contributed by atoms with Crippen LogP contribution in [0.3, 0.4) is 0 Å². The number of amides is 3. The molecule has 2 fully saturated rings. The van der Waals surface area contributed by atoms with Gasteiger partial charge in [-0.15, -0.1) is 0 Å². The van der Waals surface area contributed by atoms with Crippen molar-refractivity contribution in [2.75, 3.05) is 56.7 Å². The molecule has 0 aliphatic carbocycles. The minimum absolute atomic E-state index is 0.0482. The molecule has 3 amide bonds. The number of morpholine rings is 1. The number of nitrogens with one attached hydrogen (secondary N) is 2. The van der Waals surface area contributed by atoms with Crippen LogP contribution in [0, 0.1) is 0 Å². The molecule has 0 bridgehead atoms. The van der Waals surface area contributed by atoms with Crippen molar-refractivity contribution in [3.63, 3.8) is 0 Å². The van der Waals surface area contributed by atoms with Crippen molar-refractivity contribution in [1.82, 2.24) is 30.0 Å². The second kappa shape index (κ2) is 11.7. The fourth-order valence-electron chi connectivity index (χ4n) is 5.34. The van der Waals surface area contributed by atoms with E-state index >= 15 is 0 Å². The average molecular weight is 575 g/mol. The molecule has 0 spiro atoms. The first-order valence-electron chi connectivity index (χ1n) is 13.7. The number of hydrogen-bond acceptors (Lipinski definition) is 7. The quantitative estimate of drug-likeness (QED) is 0.366. The number of carbonyl (C=O) groups is 2. The summed E-state index contributed by atoms with van der Waals surface area (Å²) in [6, 6.07) is 14.4. The molecule has 212 valence electrons. The third kappa shape index (κ3) is 5.55. The van der Waals surface area contributed by atoms with Crippen LogP contribution < -0.4 is 15.5 Å². The predicted octanol–water partition coefficient (Wildman–Crippen LogP) is 4.21. The Bertz CT molecular complexity index is 1560. The van der Waals surface area contributed by atoms with E-state index in [9.17, 15) is 9.59 Å². The van der Waals surface area contributed by atoms with Gasteiger partial charge in [-0.1, -0.05) is 23.7 Å². The van der Waals surface area contributed by atoms with Crippen LogP contribution in [0.1, 0.15) is 29.2 Å². The van der Waals surface area contributed by atoms with Crippen molar-refractivity contribution in [1.29, 1.82) is 0 Å². The lowest BCUT2D eigenvalue weighted by Gasteiger charge is -2.32. The summed E-state index contributed by atoms with van der Waals surface area (Å²) in [5.74, 6) is 1.37. The lowest BCUT2D eigenvalue weighted by Crippen LogP contribution is -2.39. The topological polar surface area (TPSA) is 118 Å². The maximum absolute atomic E-state index is 13.1. The Morgan fingerprint density at radius 2 is 1.71 bits per heavy atom. The van der Waals surface area contributed by atoms with Crippen molar-refractivity contribution >= 4 is 46.1 Å². The highest BCUT2D eigenvalue weighted by Crippen LogP contribution is 2.33. The van der Waals surface area contributed by atoms with Crippen LogP contribution in [0.4, 0.5) is 16.3 Å². The van der Waals surface area contributed by atoms with E-state index in [1.807, 2.05) is 52.2 Å². The number of piperidine rings is 1. The van der Waals surface area contributed by atoms with E-state index in [-0.39, 0.29) is 18.0 Å². The summed E-state index contributed by atoms with van der Waals surface area (Å²) in [5.41, 5.74) is 2.80. The normalized spacial score (nSPS) is 16.1. The third-order valence-electron chi connectivity index (χ3n) is 7.57. The first-order chi connectivity index (χ1) is 20.0. The third-order valence-corrected chi connectivity index (χ3v) is 7.90. The monoisotopic (exact) mass is 574 g/mol. The molecule has 6 rings (SSSR count). The van der Waals surface area contributed by atoms with Crippen LogP contribution in [-0.4, -0.2) is 83.0 Å². The number of benzene rings is 2. The smallest absolute Gasteiger partial charge is 0.318 e. The Kier molecular flexibility index (Phi) is 7.71. The Labute approximate surface area is 242 Å². The van der Waals surface area contributed by atoms with Crippen molar-refractivity contribution in [2.45, 2.75) is 18.9 Å². The first kappa shape index (κ1) is 27.0. The highest BCUT2D eigenvalue weighted by molar-refractivity contribution is 6.33. The van der Waals surface area contributed by atoms with Gasteiger partial charge in [-0.05, 0) is 49.2 Å². The molecule has 2 aromatic carbocycles. The summed E-state index contributed by atoms with van der Waals surface area (Å²) in [6.45, 7) is 3.93. The van der Waals surface area contributed by atoms with Crippen molar-refractivity contribution in [2.24, 2.45) is 0 Å². The second-order valence-corrected chi connectivity index (χ2v) is 10.5. The van der Waals surface area contributed by atoms with Gasteiger partial charge in [0.25, 0.3) is 5.91 Å². The number of likely N-dealkylation sites (tertiary alicyclic amines) is 1. The molecule has 0 saturated carbocycles. The molecular weight excluding hydrogens is 544 g/mol. The van der Waals surface area contributed by atoms with E-state index in [1.54, 1.807) is 19.2 Å². The number of nitrogens with zero attached hydrogens (tertiary/aromatic N) is 6. The number of aromatic nitrogens is 4. The molecule has 4 aromatic rings. The van der Waals surface area contributed by atoms with Gasteiger partial charge in [-0.3, -0.25) is 4.79 Å². The zero-order valence-corrected chi connectivity index (χ0v) is 23.5. The van der Waals surface area contributed by atoms with E-state index in [0.717, 1.165) is 48.3 Å². The Morgan fingerprint density at radius 3 is 2.41 bits per heavy atom. The average Bonchev–Trinajstić information content (AvgIpc) is 3.45. The number of fused-ring (bicyclic) bond motifs is 1. The molecule has 11 nitrogen and oxygen atoms in total. The fourth-order valence-corrected chi connectivity index (χ4v) is 5.55. The number of carbonyl (C=O) groups excluding carboxylic acids is 2. The molecule has 41 heavy (non-hydrogen) atoms. The predicted molar refractivity (Wildman–Crippen MR) is 157 cm³/mol. The van der Waals surface area contributed by atoms with Gasteiger partial charge in [0, 0.05) is 44.5 Å². The van der Waals surface area contributed by atoms with Gasteiger partial charge in [-0.2, -0.15) is 5.10 Å². The Morgan fingerprint density at radius 1 is 0.976 bits per heavy atom. The number of halogens is 1. The lowest BCUT2D eigenvalue weighted by molar-refractivity contribution is 0.0691. The van der Waals surface area contributed by atoms with Crippen LogP contribution in [0.2, 0.25) is 5.02 Å². The summed E-state index contributed by atoms with van der Waals surface area (Å²) in [6.07, 6.45) is 3.35. The molecule has 0 atom stereocenters. The highest BCUT2D eigenvalue weighted by atomic mass is 35.5. The van der Waals surface area contributed by atoms with Gasteiger partial charge >= 0.3 is 6.03 Å². The summed E-state index contributed by atoms with van der Waals surface area (Å²) in [5, 5.41) is 11.5. The second-order valence-electron chi connectivity index (χ2n) is 10.1. The molecule has 2 aliphatic rings. The van der Waals surface area contributed by atoms with Gasteiger partial charge in [-0.25, -0.2) is 19.4 Å². The minimum atomic E-state index is -0.284. The van der Waals surface area contributed by atoms with Gasteiger partial charge in [0.1, 0.15) is 5.82 Å². The van der Waals surface area contributed by atoms with Crippen LogP contribution in [-0.2, 0) is 4.74 Å².